The summed E-state index contributed by atoms with van der Waals surface area (Å²) in [7, 11) is 0. The highest BCUT2D eigenvalue weighted by atomic mass is 15.3. The fraction of sp³-hybridized carbons (Fsp3) is 0.278. The fourth-order valence-electron chi connectivity index (χ4n) is 3.24. The van der Waals surface area contributed by atoms with Crippen molar-refractivity contribution in [3.63, 3.8) is 0 Å². The predicted octanol–water partition coefficient (Wildman–Crippen LogP) is 2.87. The number of para-hydroxylation sites is 1. The van der Waals surface area contributed by atoms with E-state index in [-0.39, 0.29) is 6.04 Å². The third-order valence-electron chi connectivity index (χ3n) is 4.44. The molecule has 1 fully saturated rings. The quantitative estimate of drug-likeness (QED) is 0.790. The molecule has 0 saturated carbocycles. The Morgan fingerprint density at radius 1 is 1.09 bits per heavy atom. The van der Waals surface area contributed by atoms with Crippen LogP contribution in [0, 0.1) is 6.92 Å². The topological polar surface area (TPSA) is 47.1 Å². The lowest BCUT2D eigenvalue weighted by atomic mass is 10.2. The summed E-state index contributed by atoms with van der Waals surface area (Å²) >= 11 is 0. The molecule has 22 heavy (non-hydrogen) atoms. The zero-order valence-corrected chi connectivity index (χ0v) is 12.7. The maximum Gasteiger partial charge on any atom is 0.0764 e. The SMILES string of the molecule is Cc1nn(-c2ccccc2)c2cc(N3CCC(N)C3)ccc12. The summed E-state index contributed by atoms with van der Waals surface area (Å²) in [4.78, 5) is 2.36. The van der Waals surface area contributed by atoms with Gasteiger partial charge in [0.25, 0.3) is 0 Å². The molecule has 4 heteroatoms. The van der Waals surface area contributed by atoms with E-state index < -0.39 is 0 Å². The van der Waals surface area contributed by atoms with E-state index in [1.807, 2.05) is 22.9 Å². The molecule has 0 amide bonds. The molecular weight excluding hydrogens is 272 g/mol. The minimum atomic E-state index is 0.288. The van der Waals surface area contributed by atoms with E-state index >= 15 is 0 Å². The molecule has 1 aromatic heterocycles. The van der Waals surface area contributed by atoms with E-state index in [0.29, 0.717) is 0 Å². The lowest BCUT2D eigenvalue weighted by Crippen LogP contribution is -2.26. The molecule has 1 saturated heterocycles. The highest BCUT2D eigenvalue weighted by Crippen LogP contribution is 2.28. The van der Waals surface area contributed by atoms with Gasteiger partial charge in [0.05, 0.1) is 16.9 Å². The summed E-state index contributed by atoms with van der Waals surface area (Å²) in [6.45, 7) is 4.03. The number of hydrogen-bond acceptors (Lipinski definition) is 3. The first-order valence-electron chi connectivity index (χ1n) is 7.78. The van der Waals surface area contributed by atoms with Crippen LogP contribution in [-0.4, -0.2) is 28.9 Å². The van der Waals surface area contributed by atoms with Crippen LogP contribution in [0.3, 0.4) is 0 Å². The zero-order valence-electron chi connectivity index (χ0n) is 12.7. The molecule has 2 heterocycles. The molecule has 2 aromatic carbocycles. The molecule has 4 nitrogen and oxygen atoms in total. The van der Waals surface area contributed by atoms with Crippen LogP contribution in [0.25, 0.3) is 16.6 Å². The van der Waals surface area contributed by atoms with Gasteiger partial charge in [-0.15, -0.1) is 0 Å². The predicted molar refractivity (Wildman–Crippen MR) is 90.6 cm³/mol. The summed E-state index contributed by atoms with van der Waals surface area (Å²) in [6.07, 6.45) is 1.06. The Labute approximate surface area is 130 Å². The van der Waals surface area contributed by atoms with E-state index in [9.17, 15) is 0 Å². The Bertz CT molecular complexity index is 807. The summed E-state index contributed by atoms with van der Waals surface area (Å²) in [5.74, 6) is 0. The van der Waals surface area contributed by atoms with Gasteiger partial charge < -0.3 is 10.6 Å². The molecule has 1 unspecified atom stereocenters. The molecule has 3 aromatic rings. The van der Waals surface area contributed by atoms with Gasteiger partial charge in [0.1, 0.15) is 0 Å². The third kappa shape index (κ3) is 2.16. The molecule has 0 spiro atoms. The van der Waals surface area contributed by atoms with Gasteiger partial charge in [0.2, 0.25) is 0 Å². The Morgan fingerprint density at radius 3 is 2.64 bits per heavy atom. The molecule has 0 aliphatic carbocycles. The second kappa shape index (κ2) is 5.14. The maximum atomic E-state index is 6.04. The second-order valence-electron chi connectivity index (χ2n) is 6.03. The molecular formula is C18H20N4. The number of aryl methyl sites for hydroxylation is 1. The van der Waals surface area contributed by atoms with Crippen LogP contribution in [0.5, 0.6) is 0 Å². The molecule has 4 rings (SSSR count). The standard InChI is InChI=1S/C18H20N4/c1-13-17-8-7-16(21-10-9-14(19)12-21)11-18(17)22(20-13)15-5-3-2-4-6-15/h2-8,11,14H,9-10,12,19H2,1H3. The largest absolute Gasteiger partial charge is 0.370 e. The van der Waals surface area contributed by atoms with Crippen LogP contribution in [0.15, 0.2) is 48.5 Å². The van der Waals surface area contributed by atoms with E-state index in [1.54, 1.807) is 0 Å². The number of nitrogens with two attached hydrogens (primary N) is 1. The lowest BCUT2D eigenvalue weighted by Gasteiger charge is -2.18. The van der Waals surface area contributed by atoms with Crippen molar-refractivity contribution >= 4 is 16.6 Å². The van der Waals surface area contributed by atoms with Crippen molar-refractivity contribution in [2.75, 3.05) is 18.0 Å². The first kappa shape index (κ1) is 13.3. The van der Waals surface area contributed by atoms with Crippen molar-refractivity contribution < 1.29 is 0 Å². The normalized spacial score (nSPS) is 18.3. The van der Waals surface area contributed by atoms with Gasteiger partial charge in [-0.05, 0) is 43.7 Å². The molecule has 1 aliphatic heterocycles. The Hall–Kier alpha value is -2.33. The number of aromatic nitrogens is 2. The number of benzene rings is 2. The fourth-order valence-corrected chi connectivity index (χ4v) is 3.24. The van der Waals surface area contributed by atoms with Crippen molar-refractivity contribution in [1.29, 1.82) is 0 Å². The van der Waals surface area contributed by atoms with Gasteiger partial charge in [-0.3, -0.25) is 0 Å². The Morgan fingerprint density at radius 2 is 1.91 bits per heavy atom. The van der Waals surface area contributed by atoms with Crippen LogP contribution in [-0.2, 0) is 0 Å². The second-order valence-corrected chi connectivity index (χ2v) is 6.03. The number of hydrogen-bond donors (Lipinski definition) is 1. The molecule has 0 radical (unpaired) electrons. The molecule has 1 aliphatic rings. The number of nitrogens with zero attached hydrogens (tertiary/aromatic N) is 3. The third-order valence-corrected chi connectivity index (χ3v) is 4.44. The van der Waals surface area contributed by atoms with Crippen LogP contribution in [0.2, 0.25) is 0 Å². The van der Waals surface area contributed by atoms with Crippen molar-refractivity contribution in [3.8, 4) is 5.69 Å². The zero-order chi connectivity index (χ0) is 15.1. The van der Waals surface area contributed by atoms with Gasteiger partial charge in [0, 0.05) is 30.2 Å². The number of rotatable bonds is 2. The molecule has 1 atom stereocenters. The van der Waals surface area contributed by atoms with Crippen LogP contribution in [0.4, 0.5) is 5.69 Å². The Balaban J connectivity index is 1.84. The highest BCUT2D eigenvalue weighted by Gasteiger charge is 2.20. The summed E-state index contributed by atoms with van der Waals surface area (Å²) in [5, 5.41) is 5.92. The Kier molecular flexibility index (Phi) is 3.12. The smallest absolute Gasteiger partial charge is 0.0764 e. The summed E-state index contributed by atoms with van der Waals surface area (Å²) in [6, 6.07) is 17.2. The van der Waals surface area contributed by atoms with Crippen molar-refractivity contribution in [3.05, 3.63) is 54.2 Å². The average molecular weight is 292 g/mol. The average Bonchev–Trinajstić information content (AvgIpc) is 3.12. The molecule has 112 valence electrons. The first-order chi connectivity index (χ1) is 10.7. The van der Waals surface area contributed by atoms with E-state index in [2.05, 4.69) is 42.2 Å². The van der Waals surface area contributed by atoms with Crippen molar-refractivity contribution in [1.82, 2.24) is 9.78 Å². The molecule has 2 N–H and O–H groups in total. The van der Waals surface area contributed by atoms with Gasteiger partial charge in [-0.25, -0.2) is 4.68 Å². The van der Waals surface area contributed by atoms with Gasteiger partial charge >= 0.3 is 0 Å². The minimum absolute atomic E-state index is 0.288. The van der Waals surface area contributed by atoms with Gasteiger partial charge in [-0.2, -0.15) is 5.10 Å². The molecule has 0 bridgehead atoms. The highest BCUT2D eigenvalue weighted by molar-refractivity contribution is 5.86. The maximum absolute atomic E-state index is 6.04. The summed E-state index contributed by atoms with van der Waals surface area (Å²) in [5.41, 5.74) is 10.6. The minimum Gasteiger partial charge on any atom is -0.370 e. The monoisotopic (exact) mass is 292 g/mol. The number of fused-ring (bicyclic) bond motifs is 1. The summed E-state index contributed by atoms with van der Waals surface area (Å²) < 4.78 is 2.03. The van der Waals surface area contributed by atoms with Crippen LogP contribution in [0.1, 0.15) is 12.1 Å². The van der Waals surface area contributed by atoms with Crippen LogP contribution >= 0.6 is 0 Å². The van der Waals surface area contributed by atoms with Gasteiger partial charge in [0.15, 0.2) is 0 Å². The van der Waals surface area contributed by atoms with Gasteiger partial charge in [-0.1, -0.05) is 18.2 Å². The van der Waals surface area contributed by atoms with E-state index in [1.165, 1.54) is 11.1 Å². The van der Waals surface area contributed by atoms with E-state index in [4.69, 9.17) is 10.8 Å². The van der Waals surface area contributed by atoms with Crippen LogP contribution < -0.4 is 10.6 Å². The van der Waals surface area contributed by atoms with E-state index in [0.717, 1.165) is 36.4 Å². The number of anilines is 1. The lowest BCUT2D eigenvalue weighted by molar-refractivity contribution is 0.752. The first-order valence-corrected chi connectivity index (χ1v) is 7.78. The van der Waals surface area contributed by atoms with Crippen molar-refractivity contribution in [2.45, 2.75) is 19.4 Å². The van der Waals surface area contributed by atoms with Crippen molar-refractivity contribution in [2.24, 2.45) is 5.73 Å².